The molecule has 0 amide bonds. The number of fused-ring (bicyclic) bond motifs is 1. The standard InChI is InChI=1S/C16H12N2O3/c1-9-15(10-5-3-2-4-6-10)18-13-8-14(19)11(16(20)21)7-12(13)17-9/h2-8,19H,1H3,(H,20,21). The van der Waals surface area contributed by atoms with E-state index in [1.165, 1.54) is 12.1 Å². The van der Waals surface area contributed by atoms with E-state index in [-0.39, 0.29) is 11.3 Å². The number of phenols is 1. The zero-order chi connectivity index (χ0) is 15.0. The third kappa shape index (κ3) is 2.29. The van der Waals surface area contributed by atoms with E-state index in [9.17, 15) is 9.90 Å². The molecule has 0 saturated heterocycles. The minimum Gasteiger partial charge on any atom is -0.507 e. The van der Waals surface area contributed by atoms with Crippen LogP contribution in [0.15, 0.2) is 42.5 Å². The van der Waals surface area contributed by atoms with Crippen molar-refractivity contribution in [3.05, 3.63) is 53.7 Å². The van der Waals surface area contributed by atoms with E-state index in [1.807, 2.05) is 37.3 Å². The van der Waals surface area contributed by atoms with Crippen LogP contribution in [0, 0.1) is 6.92 Å². The molecule has 5 heteroatoms. The molecule has 2 aromatic carbocycles. The fraction of sp³-hybridized carbons (Fsp3) is 0.0625. The average Bonchev–Trinajstić information content (AvgIpc) is 2.47. The van der Waals surface area contributed by atoms with Crippen LogP contribution in [0.5, 0.6) is 5.75 Å². The number of carboxylic acid groups (broad SMARTS) is 1. The molecule has 1 heterocycles. The van der Waals surface area contributed by atoms with Gasteiger partial charge in [0.25, 0.3) is 0 Å². The number of aryl methyl sites for hydroxylation is 1. The Labute approximate surface area is 120 Å². The summed E-state index contributed by atoms with van der Waals surface area (Å²) in [6, 6.07) is 12.2. The molecule has 0 unspecified atom stereocenters. The van der Waals surface area contributed by atoms with Crippen LogP contribution < -0.4 is 0 Å². The SMILES string of the molecule is Cc1nc2cc(C(=O)O)c(O)cc2nc1-c1ccccc1. The minimum absolute atomic E-state index is 0.177. The zero-order valence-corrected chi connectivity index (χ0v) is 11.2. The fourth-order valence-corrected chi connectivity index (χ4v) is 2.22. The molecule has 5 nitrogen and oxygen atoms in total. The van der Waals surface area contributed by atoms with E-state index < -0.39 is 5.97 Å². The molecule has 0 bridgehead atoms. The quantitative estimate of drug-likeness (QED) is 0.754. The van der Waals surface area contributed by atoms with Crippen molar-refractivity contribution in [1.29, 1.82) is 0 Å². The van der Waals surface area contributed by atoms with E-state index in [1.54, 1.807) is 0 Å². The lowest BCUT2D eigenvalue weighted by atomic mass is 10.1. The maximum atomic E-state index is 11.0. The number of benzene rings is 2. The molecule has 0 aliphatic carbocycles. The van der Waals surface area contributed by atoms with Crippen molar-refractivity contribution < 1.29 is 15.0 Å². The first-order chi connectivity index (χ1) is 10.1. The Bertz CT molecular complexity index is 845. The molecule has 1 aromatic heterocycles. The van der Waals surface area contributed by atoms with Gasteiger partial charge in [-0.3, -0.25) is 0 Å². The van der Waals surface area contributed by atoms with Gasteiger partial charge < -0.3 is 10.2 Å². The largest absolute Gasteiger partial charge is 0.507 e. The van der Waals surface area contributed by atoms with E-state index in [2.05, 4.69) is 9.97 Å². The van der Waals surface area contributed by atoms with Crippen molar-refractivity contribution in [2.24, 2.45) is 0 Å². The average molecular weight is 280 g/mol. The molecule has 21 heavy (non-hydrogen) atoms. The van der Waals surface area contributed by atoms with E-state index in [0.29, 0.717) is 22.4 Å². The van der Waals surface area contributed by atoms with E-state index in [4.69, 9.17) is 5.11 Å². The summed E-state index contributed by atoms with van der Waals surface area (Å²) >= 11 is 0. The predicted octanol–water partition coefficient (Wildman–Crippen LogP) is 3.01. The highest BCUT2D eigenvalue weighted by molar-refractivity contribution is 5.96. The Morgan fingerprint density at radius 1 is 1.05 bits per heavy atom. The topological polar surface area (TPSA) is 83.3 Å². The van der Waals surface area contributed by atoms with Crippen LogP contribution in [0.2, 0.25) is 0 Å². The molecule has 0 fully saturated rings. The number of carbonyl (C=O) groups is 1. The first kappa shape index (κ1) is 13.1. The Hall–Kier alpha value is -2.95. The van der Waals surface area contributed by atoms with Crippen molar-refractivity contribution in [3.63, 3.8) is 0 Å². The van der Waals surface area contributed by atoms with Crippen molar-refractivity contribution in [2.75, 3.05) is 0 Å². The molecule has 0 aliphatic heterocycles. The van der Waals surface area contributed by atoms with Crippen molar-refractivity contribution in [1.82, 2.24) is 9.97 Å². The molecule has 0 aliphatic rings. The summed E-state index contributed by atoms with van der Waals surface area (Å²) in [6.07, 6.45) is 0. The smallest absolute Gasteiger partial charge is 0.339 e. The van der Waals surface area contributed by atoms with Crippen LogP contribution in [0.25, 0.3) is 22.3 Å². The highest BCUT2D eigenvalue weighted by atomic mass is 16.4. The highest BCUT2D eigenvalue weighted by Crippen LogP contribution is 2.27. The zero-order valence-electron chi connectivity index (χ0n) is 11.2. The third-order valence-corrected chi connectivity index (χ3v) is 3.23. The molecule has 3 rings (SSSR count). The van der Waals surface area contributed by atoms with Gasteiger partial charge in [0.05, 0.1) is 22.4 Å². The molecule has 0 saturated carbocycles. The second-order valence-corrected chi connectivity index (χ2v) is 4.69. The van der Waals surface area contributed by atoms with Gasteiger partial charge >= 0.3 is 5.97 Å². The Balaban J connectivity index is 2.25. The summed E-state index contributed by atoms with van der Waals surface area (Å²) in [5, 5.41) is 18.8. The molecular formula is C16H12N2O3. The molecule has 3 aromatic rings. The van der Waals surface area contributed by atoms with E-state index in [0.717, 1.165) is 5.56 Å². The van der Waals surface area contributed by atoms with Crippen LogP contribution in [0.4, 0.5) is 0 Å². The molecule has 0 spiro atoms. The lowest BCUT2D eigenvalue weighted by Crippen LogP contribution is -2.00. The first-order valence-electron chi connectivity index (χ1n) is 6.36. The Morgan fingerprint density at radius 3 is 2.38 bits per heavy atom. The number of aromatic carboxylic acids is 1. The van der Waals surface area contributed by atoms with Crippen LogP contribution >= 0.6 is 0 Å². The molecule has 0 atom stereocenters. The number of aromatic nitrogens is 2. The Kier molecular flexibility index (Phi) is 3.02. The number of hydrogen-bond acceptors (Lipinski definition) is 4. The lowest BCUT2D eigenvalue weighted by Gasteiger charge is -2.08. The summed E-state index contributed by atoms with van der Waals surface area (Å²) in [4.78, 5) is 19.9. The normalized spacial score (nSPS) is 10.7. The van der Waals surface area contributed by atoms with Crippen LogP contribution in [-0.4, -0.2) is 26.2 Å². The Morgan fingerprint density at radius 2 is 1.71 bits per heavy atom. The predicted molar refractivity (Wildman–Crippen MR) is 78.3 cm³/mol. The monoisotopic (exact) mass is 280 g/mol. The van der Waals surface area contributed by atoms with Crippen molar-refractivity contribution >= 4 is 17.0 Å². The summed E-state index contributed by atoms with van der Waals surface area (Å²) < 4.78 is 0. The summed E-state index contributed by atoms with van der Waals surface area (Å²) in [5.74, 6) is -1.51. The molecule has 2 N–H and O–H groups in total. The van der Waals surface area contributed by atoms with Crippen molar-refractivity contribution in [2.45, 2.75) is 6.92 Å². The van der Waals surface area contributed by atoms with Gasteiger partial charge in [0.15, 0.2) is 0 Å². The lowest BCUT2D eigenvalue weighted by molar-refractivity contribution is 0.0694. The summed E-state index contributed by atoms with van der Waals surface area (Å²) in [7, 11) is 0. The van der Waals surface area contributed by atoms with Gasteiger partial charge in [-0.1, -0.05) is 30.3 Å². The number of hydrogen-bond donors (Lipinski definition) is 2. The minimum atomic E-state index is -1.19. The second kappa shape index (κ2) is 4.86. The van der Waals surface area contributed by atoms with Gasteiger partial charge in [0, 0.05) is 11.6 Å². The number of rotatable bonds is 2. The fourth-order valence-electron chi connectivity index (χ4n) is 2.22. The van der Waals surface area contributed by atoms with Crippen LogP contribution in [0.3, 0.4) is 0 Å². The molecule has 0 radical (unpaired) electrons. The van der Waals surface area contributed by atoms with Gasteiger partial charge in [-0.25, -0.2) is 14.8 Å². The van der Waals surface area contributed by atoms with Gasteiger partial charge in [-0.05, 0) is 13.0 Å². The van der Waals surface area contributed by atoms with Gasteiger partial charge in [0.1, 0.15) is 11.3 Å². The summed E-state index contributed by atoms with van der Waals surface area (Å²) in [5.41, 5.74) is 3.07. The van der Waals surface area contributed by atoms with Crippen molar-refractivity contribution in [3.8, 4) is 17.0 Å². The van der Waals surface area contributed by atoms with Crippen LogP contribution in [-0.2, 0) is 0 Å². The summed E-state index contributed by atoms with van der Waals surface area (Å²) in [6.45, 7) is 1.82. The maximum absolute atomic E-state index is 11.0. The number of nitrogens with zero attached hydrogens (tertiary/aromatic N) is 2. The number of carboxylic acids is 1. The maximum Gasteiger partial charge on any atom is 0.339 e. The second-order valence-electron chi connectivity index (χ2n) is 4.69. The number of aromatic hydroxyl groups is 1. The molecular weight excluding hydrogens is 268 g/mol. The van der Waals surface area contributed by atoms with Gasteiger partial charge in [0.2, 0.25) is 0 Å². The van der Waals surface area contributed by atoms with Crippen LogP contribution in [0.1, 0.15) is 16.1 Å². The van der Waals surface area contributed by atoms with Gasteiger partial charge in [-0.2, -0.15) is 0 Å². The van der Waals surface area contributed by atoms with E-state index >= 15 is 0 Å². The highest BCUT2D eigenvalue weighted by Gasteiger charge is 2.14. The first-order valence-corrected chi connectivity index (χ1v) is 6.36. The third-order valence-electron chi connectivity index (χ3n) is 3.23. The molecule has 104 valence electrons. The van der Waals surface area contributed by atoms with Gasteiger partial charge in [-0.15, -0.1) is 0 Å².